The van der Waals surface area contributed by atoms with Crippen LogP contribution in [0.4, 0.5) is 15.8 Å². The molecule has 0 saturated carbocycles. The zero-order valence-corrected chi connectivity index (χ0v) is 16.0. The number of nitrogens with one attached hydrogen (secondary N) is 2. The highest BCUT2D eigenvalue weighted by Gasteiger charge is 2.47. The second kappa shape index (κ2) is 7.21. The molecule has 1 atom stereocenters. The van der Waals surface area contributed by atoms with Gasteiger partial charge in [0.25, 0.3) is 17.4 Å². The van der Waals surface area contributed by atoms with Crippen LogP contribution in [0.1, 0.15) is 12.5 Å². The summed E-state index contributed by atoms with van der Waals surface area (Å²) in [4.78, 5) is 25.3. The van der Waals surface area contributed by atoms with Crippen LogP contribution in [0.3, 0.4) is 0 Å². The number of hydrogen-bond donors (Lipinski definition) is 2. The number of carbonyl (C=O) groups excluding carboxylic acids is 2. The van der Waals surface area contributed by atoms with Crippen molar-refractivity contribution in [2.75, 3.05) is 10.6 Å². The van der Waals surface area contributed by atoms with Crippen LogP contribution < -0.4 is 15.4 Å². The van der Waals surface area contributed by atoms with Gasteiger partial charge in [0.2, 0.25) is 0 Å². The number of halogens is 2. The lowest BCUT2D eigenvalue weighted by molar-refractivity contribution is -0.143. The Hall–Kier alpha value is -3.39. The molecule has 1 aliphatic rings. The van der Waals surface area contributed by atoms with E-state index >= 15 is 0 Å². The Morgan fingerprint density at radius 3 is 2.97 bits per heavy atom. The Kier molecular flexibility index (Phi) is 4.71. The summed E-state index contributed by atoms with van der Waals surface area (Å²) in [6, 6.07) is 10.9. The van der Waals surface area contributed by atoms with E-state index in [1.807, 2.05) is 0 Å². The van der Waals surface area contributed by atoms with Crippen LogP contribution in [-0.4, -0.2) is 27.2 Å². The van der Waals surface area contributed by atoms with E-state index in [0.29, 0.717) is 28.7 Å². The van der Waals surface area contributed by atoms with Crippen LogP contribution in [0.2, 0.25) is 5.02 Å². The average molecular weight is 415 g/mol. The standard InChI is InChI=1S/C20H16ClFN4O3/c1-20(19(28)25-16-8-13(21)5-6-17(16)29-20)18(27)24-15-9-23-26(11-15)10-12-3-2-4-14(22)7-12/h2-9,11H,10H2,1H3,(H,24,27)(H,25,28). The number of aromatic nitrogens is 2. The van der Waals surface area contributed by atoms with Crippen molar-refractivity contribution in [2.24, 2.45) is 0 Å². The quantitative estimate of drug-likeness (QED) is 0.640. The van der Waals surface area contributed by atoms with Crippen molar-refractivity contribution >= 4 is 34.8 Å². The maximum absolute atomic E-state index is 13.3. The Morgan fingerprint density at radius 2 is 2.17 bits per heavy atom. The summed E-state index contributed by atoms with van der Waals surface area (Å²) in [6.07, 6.45) is 3.02. The van der Waals surface area contributed by atoms with Gasteiger partial charge in [0.15, 0.2) is 0 Å². The first-order chi connectivity index (χ1) is 13.8. The predicted molar refractivity (Wildman–Crippen MR) is 105 cm³/mol. The largest absolute Gasteiger partial charge is 0.466 e. The lowest BCUT2D eigenvalue weighted by Gasteiger charge is -2.33. The lowest BCUT2D eigenvalue weighted by Crippen LogP contribution is -2.56. The predicted octanol–water partition coefficient (Wildman–Crippen LogP) is 3.45. The van der Waals surface area contributed by atoms with E-state index < -0.39 is 17.4 Å². The number of rotatable bonds is 4. The maximum atomic E-state index is 13.3. The Balaban J connectivity index is 1.48. The molecule has 29 heavy (non-hydrogen) atoms. The minimum atomic E-state index is -1.77. The molecule has 1 unspecified atom stereocenters. The number of fused-ring (bicyclic) bond motifs is 1. The van der Waals surface area contributed by atoms with Crippen LogP contribution in [0, 0.1) is 5.82 Å². The normalized spacial score (nSPS) is 17.8. The monoisotopic (exact) mass is 414 g/mol. The lowest BCUT2D eigenvalue weighted by atomic mass is 10.0. The van der Waals surface area contributed by atoms with Crippen molar-refractivity contribution in [3.05, 3.63) is 71.3 Å². The minimum Gasteiger partial charge on any atom is -0.466 e. The molecular weight excluding hydrogens is 399 g/mol. The van der Waals surface area contributed by atoms with E-state index in [-0.39, 0.29) is 5.82 Å². The van der Waals surface area contributed by atoms with Crippen molar-refractivity contribution in [2.45, 2.75) is 19.1 Å². The molecule has 3 aromatic rings. The van der Waals surface area contributed by atoms with Gasteiger partial charge in [-0.15, -0.1) is 0 Å². The van der Waals surface area contributed by atoms with Crippen molar-refractivity contribution in [1.29, 1.82) is 0 Å². The van der Waals surface area contributed by atoms with Crippen molar-refractivity contribution in [3.8, 4) is 5.75 Å². The van der Waals surface area contributed by atoms with Crippen molar-refractivity contribution in [3.63, 3.8) is 0 Å². The van der Waals surface area contributed by atoms with Gasteiger partial charge in [-0.25, -0.2) is 4.39 Å². The fourth-order valence-electron chi connectivity index (χ4n) is 2.93. The van der Waals surface area contributed by atoms with E-state index in [1.54, 1.807) is 41.2 Å². The molecule has 2 amide bonds. The molecule has 7 nitrogen and oxygen atoms in total. The van der Waals surface area contributed by atoms with Crippen molar-refractivity contribution < 1.29 is 18.7 Å². The summed E-state index contributed by atoms with van der Waals surface area (Å²) in [5.41, 5.74) is -0.268. The molecule has 0 fully saturated rings. The summed E-state index contributed by atoms with van der Waals surface area (Å²) in [5, 5.41) is 9.86. The molecule has 2 N–H and O–H groups in total. The summed E-state index contributed by atoms with van der Waals surface area (Å²) >= 11 is 5.92. The molecule has 1 aromatic heterocycles. The highest BCUT2D eigenvalue weighted by Crippen LogP contribution is 2.36. The first-order valence-corrected chi connectivity index (χ1v) is 9.10. The molecule has 2 aromatic carbocycles. The van der Waals surface area contributed by atoms with Gasteiger partial charge in [0, 0.05) is 11.2 Å². The molecule has 0 saturated heterocycles. The molecule has 0 radical (unpaired) electrons. The third kappa shape index (κ3) is 3.79. The molecule has 0 aliphatic carbocycles. The summed E-state index contributed by atoms with van der Waals surface area (Å²) < 4.78 is 20.5. The van der Waals surface area contributed by atoms with E-state index in [9.17, 15) is 14.0 Å². The highest BCUT2D eigenvalue weighted by atomic mass is 35.5. The first-order valence-electron chi connectivity index (χ1n) is 8.72. The second-order valence-electron chi connectivity index (χ2n) is 6.74. The van der Waals surface area contributed by atoms with Gasteiger partial charge in [0.1, 0.15) is 11.6 Å². The zero-order chi connectivity index (χ0) is 20.6. The van der Waals surface area contributed by atoms with Crippen LogP contribution in [0.25, 0.3) is 0 Å². The highest BCUT2D eigenvalue weighted by molar-refractivity contribution is 6.31. The van der Waals surface area contributed by atoms with E-state index in [2.05, 4.69) is 15.7 Å². The van der Waals surface area contributed by atoms with Crippen LogP contribution in [-0.2, 0) is 16.1 Å². The fourth-order valence-corrected chi connectivity index (χ4v) is 3.11. The van der Waals surface area contributed by atoms with Gasteiger partial charge >= 0.3 is 0 Å². The minimum absolute atomic E-state index is 0.329. The van der Waals surface area contributed by atoms with Crippen LogP contribution in [0.5, 0.6) is 5.75 Å². The number of benzene rings is 2. The topological polar surface area (TPSA) is 85.2 Å². The smallest absolute Gasteiger partial charge is 0.278 e. The number of amides is 2. The number of ether oxygens (including phenoxy) is 1. The Bertz CT molecular complexity index is 1120. The van der Waals surface area contributed by atoms with E-state index in [4.69, 9.17) is 16.3 Å². The summed E-state index contributed by atoms with van der Waals surface area (Å²) in [5.74, 6) is -1.26. The molecule has 9 heteroatoms. The SMILES string of the molecule is CC1(C(=O)Nc2cnn(Cc3cccc(F)c3)c2)Oc2ccc(Cl)cc2NC1=O. The molecule has 4 rings (SSSR count). The van der Waals surface area contributed by atoms with E-state index in [0.717, 1.165) is 5.56 Å². The molecule has 0 spiro atoms. The molecule has 2 heterocycles. The fraction of sp³-hybridized carbons (Fsp3) is 0.150. The number of carbonyl (C=O) groups is 2. The van der Waals surface area contributed by atoms with E-state index in [1.165, 1.54) is 25.3 Å². The molecule has 148 valence electrons. The van der Waals surface area contributed by atoms with Crippen LogP contribution in [0.15, 0.2) is 54.9 Å². The number of nitrogens with zero attached hydrogens (tertiary/aromatic N) is 2. The average Bonchev–Trinajstić information content (AvgIpc) is 3.10. The van der Waals surface area contributed by atoms with Gasteiger partial charge in [-0.3, -0.25) is 14.3 Å². The second-order valence-corrected chi connectivity index (χ2v) is 7.18. The maximum Gasteiger partial charge on any atom is 0.278 e. The van der Waals surface area contributed by atoms with Crippen molar-refractivity contribution in [1.82, 2.24) is 9.78 Å². The summed E-state index contributed by atoms with van der Waals surface area (Å²) in [7, 11) is 0. The van der Waals surface area contributed by atoms with Gasteiger partial charge < -0.3 is 15.4 Å². The molecular formula is C20H16ClFN4O3. The van der Waals surface area contributed by atoms with Crippen LogP contribution >= 0.6 is 11.6 Å². The van der Waals surface area contributed by atoms with Gasteiger partial charge in [-0.05, 0) is 42.8 Å². The Morgan fingerprint density at radius 1 is 1.34 bits per heavy atom. The Labute approximate surface area is 170 Å². The molecule has 0 bridgehead atoms. The number of anilines is 2. The van der Waals surface area contributed by atoms with Gasteiger partial charge in [-0.2, -0.15) is 5.10 Å². The third-order valence-corrected chi connectivity index (χ3v) is 4.73. The number of hydrogen-bond acceptors (Lipinski definition) is 4. The summed E-state index contributed by atoms with van der Waals surface area (Å²) in [6.45, 7) is 1.71. The first kappa shape index (κ1) is 18.9. The molecule has 1 aliphatic heterocycles. The zero-order valence-electron chi connectivity index (χ0n) is 15.3. The van der Waals surface area contributed by atoms with Gasteiger partial charge in [-0.1, -0.05) is 23.7 Å². The van der Waals surface area contributed by atoms with Gasteiger partial charge in [0.05, 0.1) is 24.1 Å². The third-order valence-electron chi connectivity index (χ3n) is 4.50.